The van der Waals surface area contributed by atoms with Gasteiger partial charge in [-0.15, -0.1) is 11.8 Å². The van der Waals surface area contributed by atoms with Crippen molar-refractivity contribution in [3.63, 3.8) is 0 Å². The number of allylic oxidation sites excluding steroid dienone is 1. The molecule has 0 aromatic carbocycles. The Morgan fingerprint density at radius 3 is 2.76 bits per heavy atom. The number of carboxylic acids is 1. The molecule has 0 radical (unpaired) electrons. The van der Waals surface area contributed by atoms with Crippen molar-refractivity contribution in [1.82, 2.24) is 4.90 Å². The second-order valence-corrected chi connectivity index (χ2v) is 7.43. The van der Waals surface area contributed by atoms with E-state index in [0.717, 1.165) is 0 Å². The van der Waals surface area contributed by atoms with Crippen LogP contribution in [0.1, 0.15) is 0 Å². The Labute approximate surface area is 118 Å². The molecular weight excluding hydrogens is 376 g/mol. The van der Waals surface area contributed by atoms with Crippen molar-refractivity contribution in [3.05, 3.63) is 20.7 Å². The molecule has 0 bridgehead atoms. The first-order valence-electron chi connectivity index (χ1n) is 4.63. The van der Waals surface area contributed by atoms with E-state index >= 15 is 0 Å². The van der Waals surface area contributed by atoms with Crippen LogP contribution in [0.4, 0.5) is 0 Å². The van der Waals surface area contributed by atoms with E-state index in [4.69, 9.17) is 5.73 Å². The van der Waals surface area contributed by atoms with Gasteiger partial charge in [0.25, 0.3) is 0 Å². The molecule has 92 valence electrons. The fourth-order valence-corrected chi connectivity index (χ4v) is 3.59. The molecule has 0 aromatic rings. The maximum absolute atomic E-state index is 11.6. The Bertz CT molecular complexity index is 459. The van der Waals surface area contributed by atoms with Crippen molar-refractivity contribution in [3.8, 4) is 0 Å². The molecule has 17 heavy (non-hydrogen) atoms. The van der Waals surface area contributed by atoms with Gasteiger partial charge in [0.1, 0.15) is 17.1 Å². The maximum Gasteiger partial charge on any atom is 0.352 e. The second-order valence-electron chi connectivity index (χ2n) is 3.55. The van der Waals surface area contributed by atoms with Crippen molar-refractivity contribution >= 4 is 55.5 Å². The smallest absolute Gasteiger partial charge is 0.352 e. The number of carboxylic acid groups (broad SMARTS) is 1. The molecule has 2 aliphatic heterocycles. The van der Waals surface area contributed by atoms with Crippen molar-refractivity contribution in [2.24, 2.45) is 5.73 Å². The number of hydrogen-bond donors (Lipinski definition) is 2. The lowest BCUT2D eigenvalue weighted by atomic mass is 10.0. The summed E-state index contributed by atoms with van der Waals surface area (Å²) in [5.74, 6) is -0.927. The molecule has 1 saturated heterocycles. The molecule has 1 amide bonds. The summed E-state index contributed by atoms with van der Waals surface area (Å²) in [6, 6.07) is -0.590. The van der Waals surface area contributed by atoms with Gasteiger partial charge in [0, 0.05) is 5.75 Å². The zero-order valence-electron chi connectivity index (χ0n) is 8.39. The zero-order chi connectivity index (χ0) is 12.7. The maximum atomic E-state index is 11.6. The minimum atomic E-state index is -1.11. The summed E-state index contributed by atoms with van der Waals surface area (Å²) in [5, 5.41) is 8.94. The van der Waals surface area contributed by atoms with Crippen LogP contribution in [0.25, 0.3) is 0 Å². The van der Waals surface area contributed by atoms with Crippen LogP contribution in [0, 0.1) is 0 Å². The fourth-order valence-electron chi connectivity index (χ4n) is 1.78. The molecule has 2 heterocycles. The number of nitrogens with two attached hydrogens (primary N) is 1. The minimum absolute atomic E-state index is 0.0249. The highest BCUT2D eigenvalue weighted by molar-refractivity contribution is 9.28. The molecule has 0 aliphatic carbocycles. The number of nitrogens with zero attached hydrogens (tertiary/aromatic N) is 1. The molecular formula is C9H8Br2N2O3S. The summed E-state index contributed by atoms with van der Waals surface area (Å²) in [6.07, 6.45) is 1.64. The number of amides is 1. The number of thioether (sulfide) groups is 1. The third kappa shape index (κ3) is 2.18. The van der Waals surface area contributed by atoms with Gasteiger partial charge in [0.2, 0.25) is 5.91 Å². The highest BCUT2D eigenvalue weighted by Crippen LogP contribution is 2.40. The van der Waals surface area contributed by atoms with E-state index in [2.05, 4.69) is 31.9 Å². The average Bonchev–Trinajstić information content (AvgIpc) is 2.26. The van der Waals surface area contributed by atoms with Crippen molar-refractivity contribution in [1.29, 1.82) is 0 Å². The fraction of sp³-hybridized carbons (Fsp3) is 0.333. The van der Waals surface area contributed by atoms with Crippen LogP contribution in [-0.2, 0) is 9.59 Å². The van der Waals surface area contributed by atoms with Crippen molar-refractivity contribution < 1.29 is 14.7 Å². The Balaban J connectivity index is 2.44. The summed E-state index contributed by atoms with van der Waals surface area (Å²) in [6.45, 7) is 0. The molecule has 0 spiro atoms. The monoisotopic (exact) mass is 382 g/mol. The Kier molecular flexibility index (Phi) is 3.67. The standard InChI is InChI=1S/C9H8Br2N2O3S/c10-4(11)1-3-2-17-8-5(12)7(14)13(8)6(3)9(15)16/h1,5,8H,2,12H2,(H,15,16)/t5?,8-/m0/s1. The molecule has 2 rings (SSSR count). The summed E-state index contributed by atoms with van der Waals surface area (Å²) in [5.41, 5.74) is 6.23. The van der Waals surface area contributed by atoms with E-state index in [1.54, 1.807) is 6.08 Å². The summed E-state index contributed by atoms with van der Waals surface area (Å²) >= 11 is 7.83. The molecule has 1 fully saturated rings. The van der Waals surface area contributed by atoms with Gasteiger partial charge < -0.3 is 10.8 Å². The molecule has 5 nitrogen and oxygen atoms in total. The molecule has 1 unspecified atom stereocenters. The number of rotatable bonds is 2. The highest BCUT2D eigenvalue weighted by Gasteiger charge is 2.51. The Hall–Kier alpha value is -0.310. The average molecular weight is 384 g/mol. The van der Waals surface area contributed by atoms with Crippen molar-refractivity contribution in [2.75, 3.05) is 5.75 Å². The molecule has 3 N–H and O–H groups in total. The van der Waals surface area contributed by atoms with Gasteiger partial charge in [-0.1, -0.05) is 0 Å². The number of aliphatic carboxylic acids is 1. The van der Waals surface area contributed by atoms with E-state index in [-0.39, 0.29) is 17.0 Å². The van der Waals surface area contributed by atoms with Crippen LogP contribution >= 0.6 is 43.6 Å². The van der Waals surface area contributed by atoms with Crippen LogP contribution in [0.3, 0.4) is 0 Å². The van der Waals surface area contributed by atoms with Gasteiger partial charge in [-0.05, 0) is 43.5 Å². The van der Waals surface area contributed by atoms with Gasteiger partial charge in [0.15, 0.2) is 0 Å². The van der Waals surface area contributed by atoms with E-state index in [0.29, 0.717) is 14.7 Å². The van der Waals surface area contributed by atoms with Crippen LogP contribution in [0.5, 0.6) is 0 Å². The Morgan fingerprint density at radius 1 is 1.59 bits per heavy atom. The van der Waals surface area contributed by atoms with E-state index < -0.39 is 12.0 Å². The second kappa shape index (κ2) is 4.75. The normalized spacial score (nSPS) is 27.5. The number of carbonyl (C=O) groups excluding carboxylic acids is 1. The Morgan fingerprint density at radius 2 is 2.24 bits per heavy atom. The third-order valence-corrected chi connectivity index (χ3v) is 4.31. The number of β-lactam (4-membered cyclic amide) rings is 1. The molecule has 0 saturated carbocycles. The lowest BCUT2D eigenvalue weighted by Gasteiger charge is -2.47. The van der Waals surface area contributed by atoms with Crippen molar-refractivity contribution in [2.45, 2.75) is 11.4 Å². The summed E-state index contributed by atoms with van der Waals surface area (Å²) in [4.78, 5) is 24.1. The van der Waals surface area contributed by atoms with Crippen LogP contribution in [0.2, 0.25) is 0 Å². The lowest BCUT2D eigenvalue weighted by Crippen LogP contribution is -2.68. The van der Waals surface area contributed by atoms with E-state index in [1.165, 1.54) is 16.7 Å². The van der Waals surface area contributed by atoms with Crippen LogP contribution in [-0.4, -0.2) is 39.1 Å². The molecule has 8 heteroatoms. The molecule has 2 atom stereocenters. The quantitative estimate of drug-likeness (QED) is 0.700. The first-order valence-corrected chi connectivity index (χ1v) is 7.26. The third-order valence-electron chi connectivity index (χ3n) is 2.52. The summed E-state index contributed by atoms with van der Waals surface area (Å²) in [7, 11) is 0. The van der Waals surface area contributed by atoms with Crippen LogP contribution < -0.4 is 5.73 Å². The molecule has 2 aliphatic rings. The topological polar surface area (TPSA) is 83.6 Å². The molecule has 0 aromatic heterocycles. The first-order chi connectivity index (χ1) is 7.93. The predicted molar refractivity (Wildman–Crippen MR) is 71.7 cm³/mol. The minimum Gasteiger partial charge on any atom is -0.477 e. The lowest BCUT2D eigenvalue weighted by molar-refractivity contribution is -0.147. The number of hydrogen-bond acceptors (Lipinski definition) is 4. The highest BCUT2D eigenvalue weighted by atomic mass is 79.9. The van der Waals surface area contributed by atoms with Gasteiger partial charge >= 0.3 is 5.97 Å². The van der Waals surface area contributed by atoms with Crippen LogP contribution in [0.15, 0.2) is 20.7 Å². The SMILES string of the molecule is NC1C(=O)N2C(C(=O)O)=C(C=C(Br)Br)CS[C@@H]12. The van der Waals surface area contributed by atoms with Gasteiger partial charge in [-0.25, -0.2) is 4.79 Å². The van der Waals surface area contributed by atoms with E-state index in [1.807, 2.05) is 0 Å². The zero-order valence-corrected chi connectivity index (χ0v) is 12.4. The van der Waals surface area contributed by atoms with Gasteiger partial charge in [-0.3, -0.25) is 9.69 Å². The first kappa shape index (κ1) is 13.1. The summed E-state index contributed by atoms with van der Waals surface area (Å²) < 4.78 is 0.634. The largest absolute Gasteiger partial charge is 0.477 e. The predicted octanol–water partition coefficient (Wildman–Crippen LogP) is 1.20. The number of carbonyl (C=O) groups is 2. The van der Waals surface area contributed by atoms with Gasteiger partial charge in [0.05, 0.1) is 3.39 Å². The number of fused-ring (bicyclic) bond motifs is 1. The van der Waals surface area contributed by atoms with E-state index in [9.17, 15) is 14.7 Å². The number of halogens is 2. The van der Waals surface area contributed by atoms with Gasteiger partial charge in [-0.2, -0.15) is 0 Å².